The predicted molar refractivity (Wildman–Crippen MR) is 44.8 cm³/mol. The summed E-state index contributed by atoms with van der Waals surface area (Å²) in [5.74, 6) is 0.656. The van der Waals surface area contributed by atoms with E-state index in [-0.39, 0.29) is 11.8 Å². The van der Waals surface area contributed by atoms with E-state index < -0.39 is 5.69 Å². The molecule has 6 heteroatoms. The lowest BCUT2D eigenvalue weighted by Gasteiger charge is -1.95. The minimum atomic E-state index is -0.543. The Morgan fingerprint density at radius 2 is 2.31 bits per heavy atom. The largest absolute Gasteiger partial charge is 0.461 e. The van der Waals surface area contributed by atoms with E-state index in [1.54, 1.807) is 12.1 Å². The Labute approximate surface area is 72.4 Å². The molecule has 0 spiro atoms. The Hall–Kier alpha value is -2.11. The summed E-state index contributed by atoms with van der Waals surface area (Å²) in [6.07, 6.45) is 1.48. The van der Waals surface area contributed by atoms with Gasteiger partial charge in [-0.1, -0.05) is 0 Å². The van der Waals surface area contributed by atoms with Gasteiger partial charge in [-0.05, 0) is 12.1 Å². The fourth-order valence-electron chi connectivity index (χ4n) is 0.931. The molecule has 0 bridgehead atoms. The van der Waals surface area contributed by atoms with Gasteiger partial charge in [-0.15, -0.1) is 0 Å². The standard InChI is InChI=1S/C7H6N4O2/c8-6-9-5(10-7(12)11-6)4-2-1-3-13-4/h1-3H,(H3,8,9,10,11,12). The zero-order valence-electron chi connectivity index (χ0n) is 6.52. The molecule has 0 unspecified atom stereocenters. The highest BCUT2D eigenvalue weighted by Gasteiger charge is 2.04. The van der Waals surface area contributed by atoms with E-state index in [1.807, 2.05) is 0 Å². The lowest BCUT2D eigenvalue weighted by atomic mass is 10.4. The van der Waals surface area contributed by atoms with E-state index >= 15 is 0 Å². The number of hydrogen-bond donors (Lipinski definition) is 2. The molecular weight excluding hydrogens is 172 g/mol. The van der Waals surface area contributed by atoms with Crippen molar-refractivity contribution in [1.29, 1.82) is 0 Å². The minimum absolute atomic E-state index is 0.0739. The van der Waals surface area contributed by atoms with E-state index in [9.17, 15) is 4.79 Å². The van der Waals surface area contributed by atoms with Crippen LogP contribution in [0.25, 0.3) is 11.6 Å². The second kappa shape index (κ2) is 2.74. The molecule has 0 fully saturated rings. The van der Waals surface area contributed by atoms with Gasteiger partial charge < -0.3 is 10.2 Å². The fourth-order valence-corrected chi connectivity index (χ4v) is 0.931. The highest BCUT2D eigenvalue weighted by Crippen LogP contribution is 2.12. The van der Waals surface area contributed by atoms with Crippen molar-refractivity contribution < 1.29 is 4.42 Å². The zero-order chi connectivity index (χ0) is 9.26. The number of hydrogen-bond acceptors (Lipinski definition) is 5. The van der Waals surface area contributed by atoms with E-state index in [2.05, 4.69) is 15.0 Å². The van der Waals surface area contributed by atoms with Gasteiger partial charge >= 0.3 is 5.69 Å². The van der Waals surface area contributed by atoms with Crippen molar-refractivity contribution in [1.82, 2.24) is 15.0 Å². The van der Waals surface area contributed by atoms with Gasteiger partial charge in [0.1, 0.15) is 0 Å². The molecule has 0 aliphatic rings. The first-order chi connectivity index (χ1) is 6.25. The number of nitrogens with two attached hydrogens (primary N) is 1. The van der Waals surface area contributed by atoms with Gasteiger partial charge in [-0.25, -0.2) is 4.79 Å². The first-order valence-electron chi connectivity index (χ1n) is 3.53. The monoisotopic (exact) mass is 178 g/mol. The molecule has 2 rings (SSSR count). The van der Waals surface area contributed by atoms with Crippen LogP contribution in [0.4, 0.5) is 5.95 Å². The Morgan fingerprint density at radius 1 is 1.46 bits per heavy atom. The van der Waals surface area contributed by atoms with Crippen molar-refractivity contribution >= 4 is 5.95 Å². The van der Waals surface area contributed by atoms with Crippen molar-refractivity contribution in [3.8, 4) is 11.6 Å². The molecule has 0 atom stereocenters. The highest BCUT2D eigenvalue weighted by atomic mass is 16.3. The number of nitrogen functional groups attached to an aromatic ring is 1. The molecule has 0 aromatic carbocycles. The fraction of sp³-hybridized carbons (Fsp3) is 0. The van der Waals surface area contributed by atoms with Crippen LogP contribution in [-0.2, 0) is 0 Å². The molecule has 3 N–H and O–H groups in total. The summed E-state index contributed by atoms with van der Waals surface area (Å²) in [7, 11) is 0. The summed E-state index contributed by atoms with van der Waals surface area (Å²) in [5.41, 5.74) is 4.74. The van der Waals surface area contributed by atoms with Crippen LogP contribution in [0.1, 0.15) is 0 Å². The normalized spacial score (nSPS) is 10.2. The number of rotatable bonds is 1. The third kappa shape index (κ3) is 1.41. The molecule has 0 radical (unpaired) electrons. The smallest absolute Gasteiger partial charge is 0.349 e. The predicted octanol–water partition coefficient (Wildman–Crippen LogP) is 0.00710. The maximum atomic E-state index is 10.9. The molecule has 2 heterocycles. The number of H-pyrrole nitrogens is 1. The van der Waals surface area contributed by atoms with Crippen molar-refractivity contribution in [2.75, 3.05) is 5.73 Å². The summed E-state index contributed by atoms with van der Waals surface area (Å²) < 4.78 is 5.01. The SMILES string of the molecule is Nc1nc(-c2ccco2)[nH]c(=O)n1. The molecule has 13 heavy (non-hydrogen) atoms. The van der Waals surface area contributed by atoms with Gasteiger partial charge in [-0.3, -0.25) is 4.98 Å². The Balaban J connectivity index is 2.59. The van der Waals surface area contributed by atoms with Crippen LogP contribution in [0.15, 0.2) is 27.6 Å². The third-order valence-electron chi connectivity index (χ3n) is 1.42. The van der Waals surface area contributed by atoms with Crippen LogP contribution < -0.4 is 11.4 Å². The quantitative estimate of drug-likeness (QED) is 0.640. The number of furan rings is 1. The van der Waals surface area contributed by atoms with Crippen LogP contribution in [0.5, 0.6) is 0 Å². The molecule has 0 aliphatic heterocycles. The zero-order valence-corrected chi connectivity index (χ0v) is 6.52. The van der Waals surface area contributed by atoms with Crippen LogP contribution in [0, 0.1) is 0 Å². The van der Waals surface area contributed by atoms with Gasteiger partial charge in [0.25, 0.3) is 0 Å². The molecule has 0 saturated carbocycles. The lowest BCUT2D eigenvalue weighted by molar-refractivity contribution is 0.576. The van der Waals surface area contributed by atoms with Crippen LogP contribution in [-0.4, -0.2) is 15.0 Å². The Bertz CT molecular complexity index is 460. The average Bonchev–Trinajstić information content (AvgIpc) is 2.53. The highest BCUT2D eigenvalue weighted by molar-refractivity contribution is 5.46. The number of anilines is 1. The molecule has 66 valence electrons. The second-order valence-electron chi connectivity index (χ2n) is 2.34. The van der Waals surface area contributed by atoms with Crippen molar-refractivity contribution in [2.45, 2.75) is 0 Å². The number of aromatic nitrogens is 3. The van der Waals surface area contributed by atoms with Crippen molar-refractivity contribution in [2.24, 2.45) is 0 Å². The van der Waals surface area contributed by atoms with Gasteiger partial charge in [0, 0.05) is 0 Å². The molecule has 0 aliphatic carbocycles. The van der Waals surface area contributed by atoms with E-state index in [1.165, 1.54) is 6.26 Å². The van der Waals surface area contributed by atoms with Crippen LogP contribution in [0.3, 0.4) is 0 Å². The first kappa shape index (κ1) is 7.53. The van der Waals surface area contributed by atoms with Gasteiger partial charge in [-0.2, -0.15) is 9.97 Å². The van der Waals surface area contributed by atoms with Gasteiger partial charge in [0.05, 0.1) is 6.26 Å². The van der Waals surface area contributed by atoms with Gasteiger partial charge in [0.15, 0.2) is 11.6 Å². The van der Waals surface area contributed by atoms with Crippen molar-refractivity contribution in [3.05, 3.63) is 28.9 Å². The van der Waals surface area contributed by atoms with Crippen molar-refractivity contribution in [3.63, 3.8) is 0 Å². The lowest BCUT2D eigenvalue weighted by Crippen LogP contribution is -2.15. The first-order valence-corrected chi connectivity index (χ1v) is 3.53. The molecule has 2 aromatic rings. The average molecular weight is 178 g/mol. The molecule has 2 aromatic heterocycles. The third-order valence-corrected chi connectivity index (χ3v) is 1.42. The minimum Gasteiger partial charge on any atom is -0.461 e. The van der Waals surface area contributed by atoms with E-state index in [0.29, 0.717) is 5.76 Å². The Kier molecular flexibility index (Phi) is 1.59. The van der Waals surface area contributed by atoms with E-state index in [4.69, 9.17) is 10.2 Å². The Morgan fingerprint density at radius 3 is 2.92 bits per heavy atom. The number of nitrogens with one attached hydrogen (secondary N) is 1. The van der Waals surface area contributed by atoms with Crippen LogP contribution in [0.2, 0.25) is 0 Å². The number of aromatic amines is 1. The van der Waals surface area contributed by atoms with E-state index in [0.717, 1.165) is 0 Å². The second-order valence-corrected chi connectivity index (χ2v) is 2.34. The summed E-state index contributed by atoms with van der Waals surface area (Å²) >= 11 is 0. The molecule has 0 amide bonds. The summed E-state index contributed by atoms with van der Waals surface area (Å²) in [6, 6.07) is 3.35. The summed E-state index contributed by atoms with van der Waals surface area (Å²) in [5, 5.41) is 0. The topological polar surface area (TPSA) is 97.8 Å². The van der Waals surface area contributed by atoms with Crippen LogP contribution >= 0.6 is 0 Å². The molecule has 6 nitrogen and oxygen atoms in total. The number of nitrogens with zero attached hydrogens (tertiary/aromatic N) is 2. The summed E-state index contributed by atoms with van der Waals surface area (Å²) in [6.45, 7) is 0. The maximum Gasteiger partial charge on any atom is 0.349 e. The molecular formula is C7H6N4O2. The van der Waals surface area contributed by atoms with Gasteiger partial charge in [0.2, 0.25) is 5.95 Å². The summed E-state index contributed by atoms with van der Waals surface area (Å²) in [4.78, 5) is 20.4. The molecule has 0 saturated heterocycles. The maximum absolute atomic E-state index is 10.9.